The van der Waals surface area contributed by atoms with E-state index in [1.54, 1.807) is 0 Å². The van der Waals surface area contributed by atoms with E-state index in [0.29, 0.717) is 0 Å². The molecule has 1 aliphatic heterocycles. The van der Waals surface area contributed by atoms with Crippen LogP contribution in [-0.4, -0.2) is 23.2 Å². The van der Waals surface area contributed by atoms with Gasteiger partial charge in [-0.05, 0) is 46.8 Å². The van der Waals surface area contributed by atoms with Crippen molar-refractivity contribution in [3.8, 4) is 0 Å². The van der Waals surface area contributed by atoms with Crippen molar-refractivity contribution < 1.29 is 10.1 Å². The lowest BCUT2D eigenvalue weighted by Crippen LogP contribution is -3.06. The van der Waals surface area contributed by atoms with Crippen LogP contribution < -0.4 is 16.0 Å². The van der Waals surface area contributed by atoms with Crippen LogP contribution in [0.3, 0.4) is 0 Å². The first kappa shape index (κ1) is 15.8. The van der Waals surface area contributed by atoms with Gasteiger partial charge in [0.25, 0.3) is 0 Å². The molecule has 4 heteroatoms. The summed E-state index contributed by atoms with van der Waals surface area (Å²) in [6.45, 7) is 11.0. The van der Waals surface area contributed by atoms with E-state index in [1.165, 1.54) is 5.56 Å². The molecule has 0 atom stereocenters. The van der Waals surface area contributed by atoms with E-state index in [2.05, 4.69) is 43.6 Å². The summed E-state index contributed by atoms with van der Waals surface area (Å²) in [5.41, 5.74) is 2.33. The van der Waals surface area contributed by atoms with E-state index in [1.807, 2.05) is 31.2 Å². The fraction of sp³-hybridized carbons (Fsp3) is 0.588. The van der Waals surface area contributed by atoms with Crippen LogP contribution in [0.4, 0.5) is 10.5 Å². The molecule has 0 aromatic heterocycles. The van der Waals surface area contributed by atoms with E-state index in [4.69, 9.17) is 0 Å². The molecule has 1 saturated heterocycles. The predicted molar refractivity (Wildman–Crippen MR) is 86.4 cm³/mol. The first-order valence-electron chi connectivity index (χ1n) is 7.67. The molecule has 0 bridgehead atoms. The number of piperidine rings is 1. The predicted octanol–water partition coefficient (Wildman–Crippen LogP) is 2.40. The number of nitrogens with two attached hydrogens (primary N) is 1. The van der Waals surface area contributed by atoms with Gasteiger partial charge >= 0.3 is 6.03 Å². The molecule has 1 aromatic carbocycles. The summed E-state index contributed by atoms with van der Waals surface area (Å²) in [5, 5.41) is 8.45. The lowest BCUT2D eigenvalue weighted by molar-refractivity contribution is -0.787. The van der Waals surface area contributed by atoms with Gasteiger partial charge in [0.1, 0.15) is 0 Å². The van der Waals surface area contributed by atoms with Crippen LogP contribution in [-0.2, 0) is 0 Å². The average molecular weight is 290 g/mol. The molecule has 116 valence electrons. The Labute approximate surface area is 127 Å². The summed E-state index contributed by atoms with van der Waals surface area (Å²) in [7, 11) is 0. The Morgan fingerprint density at radius 1 is 1.10 bits per heavy atom. The van der Waals surface area contributed by atoms with Gasteiger partial charge in [-0.25, -0.2) is 4.79 Å². The summed E-state index contributed by atoms with van der Waals surface area (Å²) in [6.07, 6.45) is 1.97. The third-order valence-corrected chi connectivity index (χ3v) is 3.97. The Morgan fingerprint density at radius 3 is 2.14 bits per heavy atom. The van der Waals surface area contributed by atoms with Gasteiger partial charge in [0.15, 0.2) is 0 Å². The summed E-state index contributed by atoms with van der Waals surface area (Å²) in [5.74, 6) is 0. The highest BCUT2D eigenvalue weighted by molar-refractivity contribution is 5.89. The van der Waals surface area contributed by atoms with Gasteiger partial charge in [-0.1, -0.05) is 17.7 Å². The van der Waals surface area contributed by atoms with Gasteiger partial charge in [0, 0.05) is 24.6 Å². The van der Waals surface area contributed by atoms with E-state index < -0.39 is 0 Å². The van der Waals surface area contributed by atoms with Crippen molar-refractivity contribution in [2.45, 2.75) is 64.6 Å². The quantitative estimate of drug-likeness (QED) is 0.769. The molecule has 2 amide bonds. The molecule has 0 unspecified atom stereocenters. The van der Waals surface area contributed by atoms with Crippen molar-refractivity contribution in [1.29, 1.82) is 0 Å². The van der Waals surface area contributed by atoms with Gasteiger partial charge in [0.2, 0.25) is 0 Å². The minimum Gasteiger partial charge on any atom is -0.337 e. The number of carbonyl (C=O) groups is 1. The van der Waals surface area contributed by atoms with Crippen LogP contribution in [0.15, 0.2) is 24.3 Å². The molecule has 1 aliphatic rings. The van der Waals surface area contributed by atoms with Gasteiger partial charge in [-0.3, -0.25) is 0 Å². The molecule has 0 spiro atoms. The first-order valence-corrected chi connectivity index (χ1v) is 7.67. The fourth-order valence-corrected chi connectivity index (χ4v) is 3.61. The number of quaternary nitrogens is 1. The smallest absolute Gasteiger partial charge is 0.319 e. The number of hydrogen-bond acceptors (Lipinski definition) is 1. The van der Waals surface area contributed by atoms with Gasteiger partial charge in [-0.2, -0.15) is 0 Å². The van der Waals surface area contributed by atoms with Crippen LogP contribution >= 0.6 is 0 Å². The van der Waals surface area contributed by atoms with Crippen molar-refractivity contribution in [2.24, 2.45) is 0 Å². The maximum Gasteiger partial charge on any atom is 0.319 e. The summed E-state index contributed by atoms with van der Waals surface area (Å²) in [6, 6.07) is 7.95. The second-order valence-corrected chi connectivity index (χ2v) is 7.69. The number of benzene rings is 1. The van der Waals surface area contributed by atoms with Crippen LogP contribution in [0.25, 0.3) is 0 Å². The molecular weight excluding hydrogens is 262 g/mol. The van der Waals surface area contributed by atoms with Crippen LogP contribution in [0.2, 0.25) is 0 Å². The second kappa shape index (κ2) is 5.68. The fourth-order valence-electron chi connectivity index (χ4n) is 3.61. The maximum absolute atomic E-state index is 12.2. The molecule has 1 fully saturated rings. The van der Waals surface area contributed by atoms with E-state index in [-0.39, 0.29) is 23.2 Å². The zero-order valence-corrected chi connectivity index (χ0v) is 13.8. The number of urea groups is 1. The summed E-state index contributed by atoms with van der Waals surface area (Å²) in [4.78, 5) is 12.2. The Hall–Kier alpha value is -1.55. The van der Waals surface area contributed by atoms with Crippen molar-refractivity contribution >= 4 is 11.7 Å². The number of rotatable bonds is 2. The molecule has 1 aromatic rings. The van der Waals surface area contributed by atoms with Crippen molar-refractivity contribution in [2.75, 3.05) is 5.32 Å². The highest BCUT2D eigenvalue weighted by Gasteiger charge is 2.42. The molecule has 2 rings (SSSR count). The van der Waals surface area contributed by atoms with Crippen LogP contribution in [0.5, 0.6) is 0 Å². The number of amides is 2. The lowest BCUT2D eigenvalue weighted by atomic mass is 9.80. The Morgan fingerprint density at radius 2 is 1.62 bits per heavy atom. The minimum absolute atomic E-state index is 0.114. The summed E-state index contributed by atoms with van der Waals surface area (Å²) < 4.78 is 0. The Balaban J connectivity index is 1.94. The monoisotopic (exact) mass is 290 g/mol. The molecule has 4 N–H and O–H groups in total. The normalized spacial score (nSPS) is 20.8. The molecule has 1 heterocycles. The third-order valence-electron chi connectivity index (χ3n) is 3.97. The Kier molecular flexibility index (Phi) is 4.28. The largest absolute Gasteiger partial charge is 0.337 e. The standard InChI is InChI=1S/C17H27N3O/c1-12-6-8-13(9-7-12)18-15(21)19-14-10-16(2,3)20-17(4,5)11-14/h6-9,14,20H,10-11H2,1-5H3,(H2,18,19,21)/p+1. The maximum atomic E-state index is 12.2. The molecule has 0 radical (unpaired) electrons. The van der Waals surface area contributed by atoms with Gasteiger partial charge < -0.3 is 16.0 Å². The third kappa shape index (κ3) is 4.74. The molecule has 21 heavy (non-hydrogen) atoms. The topological polar surface area (TPSA) is 57.7 Å². The molecule has 4 nitrogen and oxygen atoms in total. The molecule has 0 aliphatic carbocycles. The number of carbonyl (C=O) groups excluding carboxylic acids is 1. The highest BCUT2D eigenvalue weighted by Crippen LogP contribution is 2.21. The summed E-state index contributed by atoms with van der Waals surface area (Å²) >= 11 is 0. The second-order valence-electron chi connectivity index (χ2n) is 7.69. The van der Waals surface area contributed by atoms with E-state index in [0.717, 1.165) is 18.5 Å². The first-order chi connectivity index (χ1) is 9.65. The zero-order chi connectivity index (χ0) is 15.7. The van der Waals surface area contributed by atoms with E-state index in [9.17, 15) is 4.79 Å². The molecular formula is C17H28N3O+. The number of hydrogen-bond donors (Lipinski definition) is 3. The zero-order valence-electron chi connectivity index (χ0n) is 13.8. The van der Waals surface area contributed by atoms with Crippen LogP contribution in [0.1, 0.15) is 46.1 Å². The Bertz CT molecular complexity index is 489. The highest BCUT2D eigenvalue weighted by atomic mass is 16.2. The number of aryl methyl sites for hydroxylation is 1. The van der Waals surface area contributed by atoms with Crippen molar-refractivity contribution in [3.63, 3.8) is 0 Å². The van der Waals surface area contributed by atoms with Crippen LogP contribution in [0, 0.1) is 6.92 Å². The average Bonchev–Trinajstić information content (AvgIpc) is 2.27. The van der Waals surface area contributed by atoms with Crippen molar-refractivity contribution in [1.82, 2.24) is 5.32 Å². The lowest BCUT2D eigenvalue weighted by Gasteiger charge is -2.43. The number of anilines is 1. The van der Waals surface area contributed by atoms with Gasteiger partial charge in [-0.15, -0.1) is 0 Å². The van der Waals surface area contributed by atoms with Crippen molar-refractivity contribution in [3.05, 3.63) is 29.8 Å². The SMILES string of the molecule is Cc1ccc(NC(=O)NC2CC(C)(C)[NH2+]C(C)(C)C2)cc1. The van der Waals surface area contributed by atoms with E-state index >= 15 is 0 Å². The number of nitrogens with one attached hydrogen (secondary N) is 2. The van der Waals surface area contributed by atoms with Gasteiger partial charge in [0.05, 0.1) is 11.1 Å². The minimum atomic E-state index is -0.114. The molecule has 0 saturated carbocycles.